The Morgan fingerprint density at radius 2 is 1.90 bits per heavy atom. The third-order valence-electron chi connectivity index (χ3n) is 4.30. The summed E-state index contributed by atoms with van der Waals surface area (Å²) in [4.78, 5) is 25.5. The van der Waals surface area contributed by atoms with E-state index in [2.05, 4.69) is 20.3 Å². The van der Waals surface area contributed by atoms with Crippen LogP contribution in [0.15, 0.2) is 70.8 Å². The van der Waals surface area contributed by atoms with Gasteiger partial charge in [0.15, 0.2) is 5.13 Å². The Labute approximate surface area is 187 Å². The van der Waals surface area contributed by atoms with Gasteiger partial charge in [-0.15, -0.1) is 0 Å². The average Bonchev–Trinajstić information content (AvgIpc) is 3.15. The second kappa shape index (κ2) is 8.71. The van der Waals surface area contributed by atoms with Crippen LogP contribution in [0.1, 0.15) is 6.92 Å². The molecular weight excluding hydrogens is 454 g/mol. The first-order valence-corrected chi connectivity index (χ1v) is 12.3. The summed E-state index contributed by atoms with van der Waals surface area (Å²) in [5.74, 6) is -0.240. The van der Waals surface area contributed by atoms with Crippen LogP contribution in [0.2, 0.25) is 0 Å². The van der Waals surface area contributed by atoms with Gasteiger partial charge in [-0.05, 0) is 31.2 Å². The van der Waals surface area contributed by atoms with Crippen molar-refractivity contribution < 1.29 is 13.2 Å². The van der Waals surface area contributed by atoms with E-state index in [1.165, 1.54) is 41.6 Å². The number of hydrogen-bond donors (Lipinski definition) is 2. The van der Waals surface area contributed by atoms with Gasteiger partial charge in [-0.1, -0.05) is 53.4 Å². The molecule has 0 radical (unpaired) electrons. The molecule has 3 N–H and O–H groups in total. The number of thioether (sulfide) groups is 1. The monoisotopic (exact) mass is 471 g/mol. The maximum absolute atomic E-state index is 12.7. The maximum Gasteiger partial charge on any atom is 0.239 e. The number of nitrogens with one attached hydrogen (secondary N) is 1. The van der Waals surface area contributed by atoms with Crippen LogP contribution in [0.4, 0.5) is 5.13 Å². The second-order valence-corrected chi connectivity index (χ2v) is 10.5. The standard InChI is InChI=1S/C20H17N5O3S3/c1-12(29-18-10-16(22-11-23-18)13-5-3-2-4-6-13)19(26)25-20-24-15-8-7-14(31(21,27)28)9-17(15)30-20/h2-12H,1H3,(H2,21,27,28)(H,24,25,26). The number of nitrogens with two attached hydrogens (primary N) is 1. The number of fused-ring (bicyclic) bond motifs is 1. The van der Waals surface area contributed by atoms with Gasteiger partial charge in [-0.3, -0.25) is 4.79 Å². The van der Waals surface area contributed by atoms with E-state index in [4.69, 9.17) is 5.14 Å². The molecule has 4 aromatic rings. The van der Waals surface area contributed by atoms with Crippen molar-refractivity contribution in [2.45, 2.75) is 22.1 Å². The van der Waals surface area contributed by atoms with Crippen molar-refractivity contribution in [3.63, 3.8) is 0 Å². The van der Waals surface area contributed by atoms with Gasteiger partial charge in [-0.25, -0.2) is 28.5 Å². The highest BCUT2D eigenvalue weighted by atomic mass is 32.2. The molecule has 2 aromatic heterocycles. The number of sulfonamides is 1. The summed E-state index contributed by atoms with van der Waals surface area (Å²) in [6, 6.07) is 16.0. The summed E-state index contributed by atoms with van der Waals surface area (Å²) < 4.78 is 23.7. The fraction of sp³-hybridized carbons (Fsp3) is 0.100. The minimum absolute atomic E-state index is 0.00318. The molecule has 0 saturated heterocycles. The molecule has 0 aliphatic rings. The van der Waals surface area contributed by atoms with Gasteiger partial charge in [0.1, 0.15) is 11.4 Å². The molecule has 31 heavy (non-hydrogen) atoms. The third kappa shape index (κ3) is 5.07. The van der Waals surface area contributed by atoms with Gasteiger partial charge in [0, 0.05) is 5.56 Å². The molecule has 2 heterocycles. The number of amides is 1. The van der Waals surface area contributed by atoms with Crippen LogP contribution in [0.5, 0.6) is 0 Å². The number of carbonyl (C=O) groups excluding carboxylic acids is 1. The fourth-order valence-corrected chi connectivity index (χ4v) is 5.09. The van der Waals surface area contributed by atoms with Crippen LogP contribution >= 0.6 is 23.1 Å². The van der Waals surface area contributed by atoms with Crippen LogP contribution < -0.4 is 10.5 Å². The molecule has 0 spiro atoms. The third-order valence-corrected chi connectivity index (χ3v) is 7.17. The zero-order chi connectivity index (χ0) is 22.0. The number of hydrogen-bond acceptors (Lipinski definition) is 8. The van der Waals surface area contributed by atoms with E-state index in [0.29, 0.717) is 20.4 Å². The molecule has 4 rings (SSSR count). The van der Waals surface area contributed by atoms with E-state index < -0.39 is 15.3 Å². The number of rotatable bonds is 6. The summed E-state index contributed by atoms with van der Waals surface area (Å²) >= 11 is 2.49. The molecule has 0 aliphatic carbocycles. The van der Waals surface area contributed by atoms with Gasteiger partial charge >= 0.3 is 0 Å². The summed E-state index contributed by atoms with van der Waals surface area (Å²) in [7, 11) is -3.80. The minimum atomic E-state index is -3.80. The van der Waals surface area contributed by atoms with E-state index in [1.807, 2.05) is 36.4 Å². The molecular formula is C20H17N5O3S3. The quantitative estimate of drug-likeness (QED) is 0.325. The highest BCUT2D eigenvalue weighted by Crippen LogP contribution is 2.30. The lowest BCUT2D eigenvalue weighted by Gasteiger charge is -2.10. The molecule has 0 fully saturated rings. The Bertz CT molecular complexity index is 1360. The predicted molar refractivity (Wildman–Crippen MR) is 122 cm³/mol. The number of thiazole rings is 1. The molecule has 2 aromatic carbocycles. The van der Waals surface area contributed by atoms with Gasteiger partial charge in [0.2, 0.25) is 15.9 Å². The lowest BCUT2D eigenvalue weighted by atomic mass is 10.1. The average molecular weight is 472 g/mol. The summed E-state index contributed by atoms with van der Waals surface area (Å²) in [6.45, 7) is 1.77. The van der Waals surface area contributed by atoms with Gasteiger partial charge in [-0.2, -0.15) is 0 Å². The van der Waals surface area contributed by atoms with Gasteiger partial charge < -0.3 is 5.32 Å². The lowest BCUT2D eigenvalue weighted by Crippen LogP contribution is -2.22. The summed E-state index contributed by atoms with van der Waals surface area (Å²) in [5.41, 5.74) is 2.33. The molecule has 8 nitrogen and oxygen atoms in total. The molecule has 1 unspecified atom stereocenters. The Morgan fingerprint density at radius 1 is 1.13 bits per heavy atom. The van der Waals surface area contributed by atoms with E-state index in [9.17, 15) is 13.2 Å². The number of nitrogens with zero attached hydrogens (tertiary/aromatic N) is 3. The highest BCUT2D eigenvalue weighted by molar-refractivity contribution is 8.00. The van der Waals surface area contributed by atoms with E-state index >= 15 is 0 Å². The largest absolute Gasteiger partial charge is 0.301 e. The van der Waals surface area contributed by atoms with Crippen molar-refractivity contribution in [2.75, 3.05) is 5.32 Å². The molecule has 1 amide bonds. The molecule has 1 atom stereocenters. The molecule has 0 bridgehead atoms. The van der Waals surface area contributed by atoms with Crippen molar-refractivity contribution >= 4 is 54.4 Å². The highest BCUT2D eigenvalue weighted by Gasteiger charge is 2.18. The Balaban J connectivity index is 1.47. The maximum atomic E-state index is 12.7. The lowest BCUT2D eigenvalue weighted by molar-refractivity contribution is -0.115. The number of benzene rings is 2. The Hall–Kier alpha value is -2.86. The van der Waals surface area contributed by atoms with Crippen LogP contribution in [-0.4, -0.2) is 34.5 Å². The van der Waals surface area contributed by atoms with Gasteiger partial charge in [0.25, 0.3) is 0 Å². The predicted octanol–water partition coefficient (Wildman–Crippen LogP) is 3.52. The van der Waals surface area contributed by atoms with Crippen LogP contribution in [-0.2, 0) is 14.8 Å². The van der Waals surface area contributed by atoms with Crippen LogP contribution in [0.25, 0.3) is 21.5 Å². The number of carbonyl (C=O) groups is 1. The first-order valence-electron chi connectivity index (χ1n) is 9.08. The topological polar surface area (TPSA) is 128 Å². The first-order chi connectivity index (χ1) is 14.8. The first kappa shape index (κ1) is 21.4. The fourth-order valence-electron chi connectivity index (χ4n) is 2.75. The van der Waals surface area contributed by atoms with Gasteiger partial charge in [0.05, 0.1) is 26.1 Å². The molecule has 0 saturated carbocycles. The molecule has 158 valence electrons. The normalized spacial score (nSPS) is 12.6. The summed E-state index contributed by atoms with van der Waals surface area (Å²) in [6.07, 6.45) is 1.48. The minimum Gasteiger partial charge on any atom is -0.301 e. The van der Waals surface area contributed by atoms with Crippen molar-refractivity contribution in [2.24, 2.45) is 5.14 Å². The van der Waals surface area contributed by atoms with Crippen molar-refractivity contribution in [1.29, 1.82) is 0 Å². The van der Waals surface area contributed by atoms with Crippen LogP contribution in [0.3, 0.4) is 0 Å². The molecule has 0 aliphatic heterocycles. The zero-order valence-electron chi connectivity index (χ0n) is 16.2. The van der Waals surface area contributed by atoms with E-state index in [1.54, 1.807) is 13.0 Å². The Morgan fingerprint density at radius 3 is 2.65 bits per heavy atom. The zero-order valence-corrected chi connectivity index (χ0v) is 18.7. The molecule has 11 heteroatoms. The van der Waals surface area contributed by atoms with Crippen molar-refractivity contribution in [3.8, 4) is 11.3 Å². The van der Waals surface area contributed by atoms with E-state index in [0.717, 1.165) is 11.3 Å². The SMILES string of the molecule is CC(Sc1cc(-c2ccccc2)ncn1)C(=O)Nc1nc2ccc(S(N)(=O)=O)cc2s1. The number of anilines is 1. The van der Waals surface area contributed by atoms with Crippen molar-refractivity contribution in [1.82, 2.24) is 15.0 Å². The van der Waals surface area contributed by atoms with Crippen LogP contribution in [0, 0.1) is 0 Å². The van der Waals surface area contributed by atoms with E-state index in [-0.39, 0.29) is 10.8 Å². The Kier molecular flexibility index (Phi) is 6.01. The van der Waals surface area contributed by atoms with Crippen molar-refractivity contribution in [3.05, 3.63) is 60.9 Å². The second-order valence-electron chi connectivity index (χ2n) is 6.55. The smallest absolute Gasteiger partial charge is 0.239 e. The number of primary sulfonamides is 1. The summed E-state index contributed by atoms with van der Waals surface area (Å²) in [5, 5.41) is 8.57. The number of aromatic nitrogens is 3.